The van der Waals surface area contributed by atoms with Crippen molar-refractivity contribution < 1.29 is 14.5 Å². The van der Waals surface area contributed by atoms with E-state index in [1.165, 1.54) is 14.1 Å². The zero-order valence-corrected chi connectivity index (χ0v) is 8.10. The Morgan fingerprint density at radius 1 is 1.23 bits per heavy atom. The van der Waals surface area contributed by atoms with E-state index in [9.17, 15) is 9.90 Å². The molecule has 1 heterocycles. The van der Waals surface area contributed by atoms with E-state index in [1.807, 2.05) is 42.2 Å². The topological polar surface area (TPSA) is 47.3 Å². The fourth-order valence-corrected chi connectivity index (χ4v) is 0.485. The number of aromatic nitrogens is 1. The molecule has 0 fully saturated rings. The highest BCUT2D eigenvalue weighted by Crippen LogP contribution is 1.71. The van der Waals surface area contributed by atoms with Crippen molar-refractivity contribution in [3.05, 3.63) is 30.6 Å². The summed E-state index contributed by atoms with van der Waals surface area (Å²) in [6.45, 7) is 0. The average Bonchev–Trinajstić information content (AvgIpc) is 2.06. The molecule has 1 amide bonds. The van der Waals surface area contributed by atoms with Crippen LogP contribution in [0.3, 0.4) is 0 Å². The molecule has 4 nitrogen and oxygen atoms in total. The van der Waals surface area contributed by atoms with Crippen molar-refractivity contribution in [3.8, 4) is 0 Å². The summed E-state index contributed by atoms with van der Waals surface area (Å²) in [6, 6.07) is 6.00. The third-order valence-corrected chi connectivity index (χ3v) is 1.23. The summed E-state index contributed by atoms with van der Waals surface area (Å²) in [5.41, 5.74) is 0. The Hall–Kier alpha value is -1.58. The van der Waals surface area contributed by atoms with Gasteiger partial charge in [0.1, 0.15) is 13.1 Å². The Labute approximate surface area is 78.0 Å². The Kier molecular flexibility index (Phi) is 5.27. The molecule has 1 rings (SSSR count). The Bertz CT molecular complexity index is 247. The second kappa shape index (κ2) is 5.99. The fourth-order valence-electron chi connectivity index (χ4n) is 0.485. The molecular formula is C9H14N2O2. The van der Waals surface area contributed by atoms with Gasteiger partial charge in [0.15, 0.2) is 12.4 Å². The van der Waals surface area contributed by atoms with Gasteiger partial charge in [-0.2, -0.15) is 0 Å². The van der Waals surface area contributed by atoms with Crippen LogP contribution in [0.1, 0.15) is 0 Å². The molecule has 0 bridgehead atoms. The molecule has 0 aliphatic carbocycles. The summed E-state index contributed by atoms with van der Waals surface area (Å²) < 4.78 is 2.00. The molecule has 0 atom stereocenters. The minimum atomic E-state index is -1.16. The van der Waals surface area contributed by atoms with E-state index in [1.54, 1.807) is 0 Å². The van der Waals surface area contributed by atoms with Gasteiger partial charge in [0, 0.05) is 26.2 Å². The molecule has 13 heavy (non-hydrogen) atoms. The van der Waals surface area contributed by atoms with Crippen LogP contribution in [0.25, 0.3) is 0 Å². The summed E-state index contributed by atoms with van der Waals surface area (Å²) in [4.78, 5) is 10.5. The lowest BCUT2D eigenvalue weighted by Crippen LogP contribution is -2.35. The molecule has 0 N–H and O–H groups in total. The predicted molar refractivity (Wildman–Crippen MR) is 46.7 cm³/mol. The Balaban J connectivity index is 0.000000226. The van der Waals surface area contributed by atoms with Crippen LogP contribution in [0.2, 0.25) is 0 Å². The molecular weight excluding hydrogens is 168 g/mol. The molecule has 0 unspecified atom stereocenters. The summed E-state index contributed by atoms with van der Waals surface area (Å²) in [6.07, 6.45) is 2.84. The lowest BCUT2D eigenvalue weighted by Gasteiger charge is -2.10. The van der Waals surface area contributed by atoms with Crippen LogP contribution in [-0.4, -0.2) is 25.1 Å². The highest BCUT2D eigenvalue weighted by molar-refractivity contribution is 5.61. The van der Waals surface area contributed by atoms with Gasteiger partial charge in [0.25, 0.3) is 0 Å². The largest absolute Gasteiger partial charge is 0.530 e. The van der Waals surface area contributed by atoms with Crippen LogP contribution in [-0.2, 0) is 7.05 Å². The second-order valence-electron chi connectivity index (χ2n) is 2.70. The van der Waals surface area contributed by atoms with Crippen LogP contribution >= 0.6 is 0 Å². The van der Waals surface area contributed by atoms with Gasteiger partial charge >= 0.3 is 0 Å². The zero-order valence-electron chi connectivity index (χ0n) is 8.10. The first-order valence-electron chi connectivity index (χ1n) is 3.82. The zero-order chi connectivity index (χ0) is 10.3. The monoisotopic (exact) mass is 182 g/mol. The smallest absolute Gasteiger partial charge is 0.168 e. The molecule has 0 spiro atoms. The fraction of sp³-hybridized carbons (Fsp3) is 0.333. The predicted octanol–water partition coefficient (Wildman–Crippen LogP) is -0.598. The number of carbonyl (C=O) groups excluding carboxylic acids is 1. The quantitative estimate of drug-likeness (QED) is 0.503. The van der Waals surface area contributed by atoms with E-state index in [0.717, 1.165) is 4.90 Å². The van der Waals surface area contributed by atoms with Crippen molar-refractivity contribution in [2.24, 2.45) is 7.05 Å². The van der Waals surface area contributed by atoms with Gasteiger partial charge in [-0.25, -0.2) is 4.57 Å². The molecule has 4 heteroatoms. The van der Waals surface area contributed by atoms with Crippen molar-refractivity contribution in [3.63, 3.8) is 0 Å². The number of amides is 1. The van der Waals surface area contributed by atoms with Crippen LogP contribution in [0.15, 0.2) is 30.6 Å². The third-order valence-electron chi connectivity index (χ3n) is 1.23. The first-order chi connectivity index (χ1) is 6.04. The van der Waals surface area contributed by atoms with Crippen LogP contribution < -0.4 is 9.67 Å². The molecule has 0 aliphatic heterocycles. The highest BCUT2D eigenvalue weighted by Gasteiger charge is 1.79. The molecule has 0 aromatic carbocycles. The molecule has 1 aromatic rings. The SMILES string of the molecule is CN(C)C(=O)[O-].C[n+]1ccccc1. The lowest BCUT2D eigenvalue weighted by molar-refractivity contribution is -0.671. The van der Waals surface area contributed by atoms with Crippen molar-refractivity contribution in [1.82, 2.24) is 4.90 Å². The first kappa shape index (κ1) is 11.4. The van der Waals surface area contributed by atoms with Crippen molar-refractivity contribution >= 4 is 6.09 Å². The number of carboxylic acid groups (broad SMARTS) is 1. The number of rotatable bonds is 0. The van der Waals surface area contributed by atoms with E-state index < -0.39 is 6.09 Å². The van der Waals surface area contributed by atoms with Crippen LogP contribution in [0.5, 0.6) is 0 Å². The lowest BCUT2D eigenvalue weighted by atomic mass is 10.5. The van der Waals surface area contributed by atoms with Crippen LogP contribution in [0.4, 0.5) is 4.79 Å². The number of hydrogen-bond donors (Lipinski definition) is 0. The van der Waals surface area contributed by atoms with E-state index in [4.69, 9.17) is 0 Å². The van der Waals surface area contributed by atoms with Gasteiger partial charge in [0.2, 0.25) is 0 Å². The van der Waals surface area contributed by atoms with E-state index >= 15 is 0 Å². The number of nitrogens with zero attached hydrogens (tertiary/aromatic N) is 2. The van der Waals surface area contributed by atoms with E-state index in [-0.39, 0.29) is 0 Å². The van der Waals surface area contributed by atoms with Gasteiger partial charge in [0.05, 0.1) is 0 Å². The minimum Gasteiger partial charge on any atom is -0.530 e. The number of carbonyl (C=O) groups is 1. The van der Waals surface area contributed by atoms with Gasteiger partial charge < -0.3 is 14.8 Å². The summed E-state index contributed by atoms with van der Waals surface area (Å²) in [5.74, 6) is 0. The van der Waals surface area contributed by atoms with Gasteiger partial charge in [-0.15, -0.1) is 0 Å². The maximum Gasteiger partial charge on any atom is 0.168 e. The summed E-state index contributed by atoms with van der Waals surface area (Å²) in [5, 5.41) is 9.51. The molecule has 1 aromatic heterocycles. The van der Waals surface area contributed by atoms with Gasteiger partial charge in [-0.3, -0.25) is 0 Å². The maximum atomic E-state index is 9.51. The van der Waals surface area contributed by atoms with Gasteiger partial charge in [-0.1, -0.05) is 6.07 Å². The normalized spacial score (nSPS) is 8.23. The molecule has 0 radical (unpaired) electrons. The van der Waals surface area contributed by atoms with Crippen molar-refractivity contribution in [2.75, 3.05) is 14.1 Å². The minimum absolute atomic E-state index is 0.972. The summed E-state index contributed by atoms with van der Waals surface area (Å²) in [7, 11) is 4.82. The Morgan fingerprint density at radius 3 is 1.77 bits per heavy atom. The van der Waals surface area contributed by atoms with Crippen LogP contribution in [0, 0.1) is 0 Å². The van der Waals surface area contributed by atoms with E-state index in [2.05, 4.69) is 0 Å². The summed E-state index contributed by atoms with van der Waals surface area (Å²) >= 11 is 0. The average molecular weight is 182 g/mol. The molecule has 72 valence electrons. The number of aryl methyl sites for hydroxylation is 1. The third kappa shape index (κ3) is 6.80. The molecule has 0 aliphatic rings. The molecule has 0 saturated heterocycles. The number of hydrogen-bond acceptors (Lipinski definition) is 2. The standard InChI is InChI=1S/C6H8N.C3H7NO2/c1-7-5-3-2-4-6-7;1-4(2)3(5)6/h2-6H,1H3;1-2H3,(H,5,6)/q+1;/p-1. The first-order valence-corrected chi connectivity index (χ1v) is 3.82. The second-order valence-corrected chi connectivity index (χ2v) is 2.70. The van der Waals surface area contributed by atoms with Gasteiger partial charge in [-0.05, 0) is 0 Å². The van der Waals surface area contributed by atoms with Crippen molar-refractivity contribution in [1.29, 1.82) is 0 Å². The highest BCUT2D eigenvalue weighted by atomic mass is 16.4. The van der Waals surface area contributed by atoms with E-state index in [0.29, 0.717) is 0 Å². The number of pyridine rings is 1. The maximum absolute atomic E-state index is 9.51. The molecule has 0 saturated carbocycles. The Morgan fingerprint density at radius 2 is 1.62 bits per heavy atom. The van der Waals surface area contributed by atoms with Crippen molar-refractivity contribution in [2.45, 2.75) is 0 Å².